The Kier molecular flexibility index (Phi) is 3.96. The van der Waals surface area contributed by atoms with Gasteiger partial charge in [0.15, 0.2) is 0 Å². The van der Waals surface area contributed by atoms with Crippen LogP contribution in [-0.4, -0.2) is 30.0 Å². The number of aryl methyl sites for hydroxylation is 1. The van der Waals surface area contributed by atoms with Crippen LogP contribution in [0.2, 0.25) is 0 Å². The number of nitrogens with one attached hydrogen (secondary N) is 1. The molecule has 1 aliphatic rings. The molecule has 0 amide bonds. The fourth-order valence-electron chi connectivity index (χ4n) is 2.44. The van der Waals surface area contributed by atoms with Crippen LogP contribution in [0, 0.1) is 0 Å². The lowest BCUT2D eigenvalue weighted by Gasteiger charge is -2.21. The molecule has 0 spiro atoms. The molecule has 0 atom stereocenters. The molecule has 16 heavy (non-hydrogen) atoms. The summed E-state index contributed by atoms with van der Waals surface area (Å²) in [6.07, 6.45) is 4.12. The number of nitrogens with two attached hydrogens (primary N) is 1. The van der Waals surface area contributed by atoms with E-state index in [0.29, 0.717) is 12.5 Å². The van der Waals surface area contributed by atoms with Gasteiger partial charge in [0.2, 0.25) is 0 Å². The van der Waals surface area contributed by atoms with Crippen LogP contribution in [0.3, 0.4) is 0 Å². The maximum atomic E-state index is 5.68. The van der Waals surface area contributed by atoms with Gasteiger partial charge in [0, 0.05) is 24.8 Å². The summed E-state index contributed by atoms with van der Waals surface area (Å²) >= 11 is 0. The number of rotatable bonds is 4. The Morgan fingerprint density at radius 2 is 2.19 bits per heavy atom. The molecule has 0 bridgehead atoms. The summed E-state index contributed by atoms with van der Waals surface area (Å²) in [6.45, 7) is 4.58. The van der Waals surface area contributed by atoms with Gasteiger partial charge in [0.1, 0.15) is 0 Å². The predicted molar refractivity (Wildman–Crippen MR) is 63.5 cm³/mol. The second-order valence-electron chi connectivity index (χ2n) is 4.34. The van der Waals surface area contributed by atoms with Gasteiger partial charge in [0.25, 0.3) is 0 Å². The predicted octanol–water partition coefficient (Wildman–Crippen LogP) is 1.37. The molecule has 1 aromatic rings. The van der Waals surface area contributed by atoms with Crippen LogP contribution in [0.15, 0.2) is 0 Å². The first-order valence-electron chi connectivity index (χ1n) is 6.20. The molecule has 0 aromatic carbocycles. The van der Waals surface area contributed by atoms with Gasteiger partial charge in [-0.15, -0.1) is 0 Å². The average Bonchev–Trinajstić information content (AvgIpc) is 2.74. The number of hydrogen-bond donors (Lipinski definition) is 2. The summed E-state index contributed by atoms with van der Waals surface area (Å²) in [5.74, 6) is 0.562. The van der Waals surface area contributed by atoms with Gasteiger partial charge < -0.3 is 10.5 Å². The van der Waals surface area contributed by atoms with Gasteiger partial charge >= 0.3 is 0 Å². The third kappa shape index (κ3) is 2.28. The highest BCUT2D eigenvalue weighted by Gasteiger charge is 2.22. The lowest BCUT2D eigenvalue weighted by Crippen LogP contribution is -2.16. The molecule has 1 aliphatic heterocycles. The number of ether oxygens (including phenoxy) is 1. The molecular weight excluding hydrogens is 202 g/mol. The largest absolute Gasteiger partial charge is 0.381 e. The third-order valence-electron chi connectivity index (χ3n) is 3.34. The van der Waals surface area contributed by atoms with Crippen LogP contribution in [0.25, 0.3) is 0 Å². The van der Waals surface area contributed by atoms with Gasteiger partial charge in [-0.2, -0.15) is 5.10 Å². The van der Waals surface area contributed by atoms with E-state index in [4.69, 9.17) is 10.5 Å². The Balaban J connectivity index is 2.20. The molecule has 1 aromatic heterocycles. The average molecular weight is 223 g/mol. The van der Waals surface area contributed by atoms with Crippen LogP contribution in [0.1, 0.15) is 42.6 Å². The number of aromatic nitrogens is 2. The summed E-state index contributed by atoms with van der Waals surface area (Å²) in [4.78, 5) is 0. The minimum atomic E-state index is 0.562. The molecule has 1 saturated heterocycles. The van der Waals surface area contributed by atoms with Crippen molar-refractivity contribution in [2.45, 2.75) is 38.5 Å². The van der Waals surface area contributed by atoms with Crippen LogP contribution in [0.5, 0.6) is 0 Å². The second-order valence-corrected chi connectivity index (χ2v) is 4.34. The summed E-state index contributed by atoms with van der Waals surface area (Å²) in [5, 5.41) is 7.65. The molecule has 90 valence electrons. The molecule has 0 radical (unpaired) electrons. The van der Waals surface area contributed by atoms with Crippen LogP contribution >= 0.6 is 0 Å². The van der Waals surface area contributed by atoms with Crippen molar-refractivity contribution in [3.63, 3.8) is 0 Å². The lowest BCUT2D eigenvalue weighted by atomic mass is 9.91. The number of nitrogens with zero attached hydrogens (tertiary/aromatic N) is 1. The maximum absolute atomic E-state index is 5.68. The maximum Gasteiger partial charge on any atom is 0.0690 e. The van der Waals surface area contributed by atoms with Crippen molar-refractivity contribution in [1.82, 2.24) is 10.2 Å². The summed E-state index contributed by atoms with van der Waals surface area (Å²) < 4.78 is 5.39. The molecular formula is C12H21N3O. The molecule has 2 heterocycles. The molecule has 0 aliphatic carbocycles. The number of H-pyrrole nitrogens is 1. The van der Waals surface area contributed by atoms with Crippen molar-refractivity contribution >= 4 is 0 Å². The first kappa shape index (κ1) is 11.6. The van der Waals surface area contributed by atoms with Gasteiger partial charge in [0.05, 0.1) is 5.69 Å². The zero-order chi connectivity index (χ0) is 11.4. The smallest absolute Gasteiger partial charge is 0.0690 e. The number of hydrogen-bond acceptors (Lipinski definition) is 3. The topological polar surface area (TPSA) is 63.9 Å². The van der Waals surface area contributed by atoms with Gasteiger partial charge in [-0.3, -0.25) is 5.10 Å². The van der Waals surface area contributed by atoms with Gasteiger partial charge in [-0.1, -0.05) is 6.92 Å². The quantitative estimate of drug-likeness (QED) is 0.810. The normalized spacial score (nSPS) is 17.9. The molecule has 4 heteroatoms. The Hall–Kier alpha value is -0.870. The van der Waals surface area contributed by atoms with Crippen molar-refractivity contribution in [3.05, 3.63) is 17.0 Å². The van der Waals surface area contributed by atoms with Crippen molar-refractivity contribution in [3.8, 4) is 0 Å². The SMILES string of the molecule is CCc1[nH]nc(C2CCOCC2)c1CCN. The van der Waals surface area contributed by atoms with E-state index in [1.165, 1.54) is 17.0 Å². The third-order valence-corrected chi connectivity index (χ3v) is 3.34. The fourth-order valence-corrected chi connectivity index (χ4v) is 2.44. The first-order valence-corrected chi connectivity index (χ1v) is 6.20. The highest BCUT2D eigenvalue weighted by molar-refractivity contribution is 5.29. The van der Waals surface area contributed by atoms with Crippen molar-refractivity contribution in [2.24, 2.45) is 5.73 Å². The van der Waals surface area contributed by atoms with Crippen LogP contribution < -0.4 is 5.73 Å². The Labute approximate surface area is 96.6 Å². The van der Waals surface area contributed by atoms with Crippen LogP contribution in [-0.2, 0) is 17.6 Å². The van der Waals surface area contributed by atoms with E-state index in [-0.39, 0.29) is 0 Å². The van der Waals surface area contributed by atoms with E-state index < -0.39 is 0 Å². The molecule has 0 unspecified atom stereocenters. The van der Waals surface area contributed by atoms with E-state index in [1.54, 1.807) is 0 Å². The highest BCUT2D eigenvalue weighted by Crippen LogP contribution is 2.29. The molecule has 1 fully saturated rings. The summed E-state index contributed by atoms with van der Waals surface area (Å²) in [5.41, 5.74) is 9.53. The molecule has 0 saturated carbocycles. The van der Waals surface area contributed by atoms with E-state index in [9.17, 15) is 0 Å². The molecule has 3 N–H and O–H groups in total. The minimum Gasteiger partial charge on any atom is -0.381 e. The monoisotopic (exact) mass is 223 g/mol. The van der Waals surface area contributed by atoms with Crippen molar-refractivity contribution in [2.75, 3.05) is 19.8 Å². The summed E-state index contributed by atoms with van der Waals surface area (Å²) in [7, 11) is 0. The van der Waals surface area contributed by atoms with E-state index >= 15 is 0 Å². The van der Waals surface area contributed by atoms with Crippen LogP contribution in [0.4, 0.5) is 0 Å². The van der Waals surface area contributed by atoms with Gasteiger partial charge in [-0.25, -0.2) is 0 Å². The Morgan fingerprint density at radius 1 is 1.44 bits per heavy atom. The molecule has 2 rings (SSSR count). The standard InChI is InChI=1S/C12H21N3O/c1-2-11-10(3-6-13)12(15-14-11)9-4-7-16-8-5-9/h9H,2-8,13H2,1H3,(H,14,15). The zero-order valence-electron chi connectivity index (χ0n) is 9.96. The number of aromatic amines is 1. The van der Waals surface area contributed by atoms with E-state index in [2.05, 4.69) is 17.1 Å². The lowest BCUT2D eigenvalue weighted by molar-refractivity contribution is 0.0843. The minimum absolute atomic E-state index is 0.562. The molecule has 4 nitrogen and oxygen atoms in total. The van der Waals surface area contributed by atoms with Crippen molar-refractivity contribution in [1.29, 1.82) is 0 Å². The Morgan fingerprint density at radius 3 is 2.81 bits per heavy atom. The van der Waals surface area contributed by atoms with Gasteiger partial charge in [-0.05, 0) is 37.8 Å². The fraction of sp³-hybridized carbons (Fsp3) is 0.750. The van der Waals surface area contributed by atoms with E-state index in [0.717, 1.165) is 38.9 Å². The van der Waals surface area contributed by atoms with E-state index in [1.807, 2.05) is 0 Å². The zero-order valence-corrected chi connectivity index (χ0v) is 9.96. The van der Waals surface area contributed by atoms with Crippen molar-refractivity contribution < 1.29 is 4.74 Å². The second kappa shape index (κ2) is 5.46. The summed E-state index contributed by atoms with van der Waals surface area (Å²) in [6, 6.07) is 0. The highest BCUT2D eigenvalue weighted by atomic mass is 16.5. The Bertz CT molecular complexity index is 329. The first-order chi connectivity index (χ1) is 7.86.